The van der Waals surface area contributed by atoms with Gasteiger partial charge in [-0.3, -0.25) is 14.6 Å². The third-order valence-corrected chi connectivity index (χ3v) is 3.13. The van der Waals surface area contributed by atoms with Gasteiger partial charge < -0.3 is 31.4 Å². The Morgan fingerprint density at radius 1 is 1.45 bits per heavy atom. The van der Waals surface area contributed by atoms with E-state index in [1.54, 1.807) is 4.90 Å². The van der Waals surface area contributed by atoms with Gasteiger partial charge in [-0.15, -0.1) is 0 Å². The van der Waals surface area contributed by atoms with Crippen molar-refractivity contribution in [1.29, 1.82) is 0 Å². The maximum atomic E-state index is 11.7. The number of carbonyl (C=O) groups excluding carboxylic acids is 2. The van der Waals surface area contributed by atoms with Crippen molar-refractivity contribution in [3.05, 3.63) is 10.4 Å². The van der Waals surface area contributed by atoms with E-state index >= 15 is 0 Å². The number of H-pyrrole nitrogens is 1. The highest BCUT2D eigenvalue weighted by molar-refractivity contribution is 5.77. The summed E-state index contributed by atoms with van der Waals surface area (Å²) in [4.78, 5) is 41.8. The van der Waals surface area contributed by atoms with Gasteiger partial charge in [0.1, 0.15) is 12.0 Å². The van der Waals surface area contributed by atoms with Gasteiger partial charge in [-0.1, -0.05) is 0 Å². The van der Waals surface area contributed by atoms with Crippen molar-refractivity contribution >= 4 is 29.6 Å². The highest BCUT2D eigenvalue weighted by Gasteiger charge is 2.23. The fraction of sp³-hybridized carbons (Fsp3) is 0.500. The first-order valence-corrected chi connectivity index (χ1v) is 6.91. The first kappa shape index (κ1) is 15.8. The van der Waals surface area contributed by atoms with Gasteiger partial charge in [0.2, 0.25) is 11.9 Å². The van der Waals surface area contributed by atoms with Crippen LogP contribution in [0.25, 0.3) is 0 Å². The summed E-state index contributed by atoms with van der Waals surface area (Å²) in [5, 5.41) is 8.51. The molecule has 0 saturated carbocycles. The van der Waals surface area contributed by atoms with E-state index in [1.807, 2.05) is 0 Å². The lowest BCUT2D eigenvalue weighted by molar-refractivity contribution is -0.120. The quantitative estimate of drug-likeness (QED) is 0.269. The largest absolute Gasteiger partial charge is 0.369 e. The number of aldehydes is 1. The smallest absolute Gasteiger partial charge is 0.277 e. The highest BCUT2D eigenvalue weighted by Crippen LogP contribution is 2.25. The zero-order valence-electron chi connectivity index (χ0n) is 12.0. The van der Waals surface area contributed by atoms with E-state index in [1.165, 1.54) is 0 Å². The molecule has 0 fully saturated rings. The number of anilines is 3. The summed E-state index contributed by atoms with van der Waals surface area (Å²) >= 11 is 0. The number of nitrogen functional groups attached to an aromatic ring is 1. The van der Waals surface area contributed by atoms with E-state index in [-0.39, 0.29) is 30.4 Å². The van der Waals surface area contributed by atoms with E-state index in [0.717, 1.165) is 6.29 Å². The number of nitrogens with two attached hydrogens (primary N) is 1. The summed E-state index contributed by atoms with van der Waals surface area (Å²) < 4.78 is 0. The molecule has 2 rings (SSSR count). The normalized spacial score (nSPS) is 12.6. The fourth-order valence-electron chi connectivity index (χ4n) is 2.08. The number of fused-ring (bicyclic) bond motifs is 1. The van der Waals surface area contributed by atoms with Gasteiger partial charge in [0.25, 0.3) is 5.56 Å². The molecule has 0 aromatic carbocycles. The molecule has 22 heavy (non-hydrogen) atoms. The molecule has 1 aliphatic rings. The SMILES string of the molecule is Nc1nc2c(c(=O)[nH]1)NCN2CCC(=O)NCCNCC=O. The topological polar surface area (TPSA) is 145 Å². The van der Waals surface area contributed by atoms with Gasteiger partial charge in [0, 0.05) is 26.1 Å². The number of rotatable bonds is 8. The minimum atomic E-state index is -0.323. The Balaban J connectivity index is 1.78. The minimum Gasteiger partial charge on any atom is -0.369 e. The summed E-state index contributed by atoms with van der Waals surface area (Å²) in [6, 6.07) is 0. The van der Waals surface area contributed by atoms with Crippen molar-refractivity contribution in [2.24, 2.45) is 0 Å². The first-order valence-electron chi connectivity index (χ1n) is 6.91. The van der Waals surface area contributed by atoms with Crippen molar-refractivity contribution in [2.75, 3.05) is 48.8 Å². The average molecular weight is 309 g/mol. The van der Waals surface area contributed by atoms with Crippen LogP contribution < -0.4 is 32.1 Å². The van der Waals surface area contributed by atoms with Gasteiger partial charge in [-0.05, 0) is 0 Å². The summed E-state index contributed by atoms with van der Waals surface area (Å²) in [6.45, 7) is 2.08. The van der Waals surface area contributed by atoms with Crippen molar-refractivity contribution in [1.82, 2.24) is 20.6 Å². The molecule has 1 aliphatic heterocycles. The van der Waals surface area contributed by atoms with Crippen LogP contribution in [-0.2, 0) is 9.59 Å². The number of nitrogens with one attached hydrogen (secondary N) is 4. The number of amides is 1. The molecule has 1 aromatic heterocycles. The molecule has 0 saturated heterocycles. The van der Waals surface area contributed by atoms with E-state index < -0.39 is 0 Å². The van der Waals surface area contributed by atoms with Crippen LogP contribution in [0.1, 0.15) is 6.42 Å². The van der Waals surface area contributed by atoms with Crippen LogP contribution in [0.15, 0.2) is 4.79 Å². The molecule has 0 atom stereocenters. The number of nitrogens with zero attached hydrogens (tertiary/aromatic N) is 2. The Kier molecular flexibility index (Phi) is 5.31. The van der Waals surface area contributed by atoms with Gasteiger partial charge in [-0.2, -0.15) is 4.98 Å². The molecule has 10 heteroatoms. The maximum Gasteiger partial charge on any atom is 0.277 e. The van der Waals surface area contributed by atoms with E-state index in [4.69, 9.17) is 5.73 Å². The molecule has 10 nitrogen and oxygen atoms in total. The molecule has 0 bridgehead atoms. The lowest BCUT2D eigenvalue weighted by Crippen LogP contribution is -2.35. The molecule has 0 spiro atoms. The Morgan fingerprint density at radius 2 is 2.27 bits per heavy atom. The minimum absolute atomic E-state index is 0.0446. The predicted octanol–water partition coefficient (Wildman–Crippen LogP) is -2.16. The Labute approximate surface area is 126 Å². The molecule has 1 amide bonds. The van der Waals surface area contributed by atoms with Crippen molar-refractivity contribution in [3.8, 4) is 0 Å². The Bertz CT molecular complexity index is 601. The molecule has 6 N–H and O–H groups in total. The van der Waals surface area contributed by atoms with Gasteiger partial charge in [0.05, 0.1) is 13.2 Å². The lowest BCUT2D eigenvalue weighted by atomic mass is 10.3. The molecule has 0 radical (unpaired) electrons. The third-order valence-electron chi connectivity index (χ3n) is 3.13. The van der Waals surface area contributed by atoms with Gasteiger partial charge in [-0.25, -0.2) is 0 Å². The van der Waals surface area contributed by atoms with Crippen molar-refractivity contribution < 1.29 is 9.59 Å². The molecular weight excluding hydrogens is 290 g/mol. The standard InChI is InChI=1S/C12H19N7O3/c13-12-17-10-9(11(22)18-12)16-7-19(10)5-1-8(21)15-3-2-14-4-6-20/h6,14,16H,1-5,7H2,(H,15,21)(H3,13,17,18,22). The number of aromatic amines is 1. The fourth-order valence-corrected chi connectivity index (χ4v) is 2.08. The second-order valence-corrected chi connectivity index (χ2v) is 4.72. The second kappa shape index (κ2) is 7.41. The zero-order chi connectivity index (χ0) is 15.9. The maximum absolute atomic E-state index is 11.7. The van der Waals surface area contributed by atoms with Crippen molar-refractivity contribution in [3.63, 3.8) is 0 Å². The summed E-state index contributed by atoms with van der Waals surface area (Å²) in [5.74, 6) is 0.393. The molecule has 120 valence electrons. The number of carbonyl (C=O) groups is 2. The number of hydrogen-bond acceptors (Lipinski definition) is 8. The average Bonchev–Trinajstić information content (AvgIpc) is 2.88. The third kappa shape index (κ3) is 3.95. The number of hydrogen-bond donors (Lipinski definition) is 5. The molecule has 0 aliphatic carbocycles. The van der Waals surface area contributed by atoms with Gasteiger partial charge in [0.15, 0.2) is 5.82 Å². The molecular formula is C12H19N7O3. The molecule has 1 aromatic rings. The zero-order valence-corrected chi connectivity index (χ0v) is 12.0. The summed E-state index contributed by atoms with van der Waals surface area (Å²) in [7, 11) is 0. The Hall–Kier alpha value is -2.62. The number of aromatic nitrogens is 2. The van der Waals surface area contributed by atoms with Crippen LogP contribution in [0.5, 0.6) is 0 Å². The lowest BCUT2D eigenvalue weighted by Gasteiger charge is -2.16. The highest BCUT2D eigenvalue weighted by atomic mass is 16.1. The summed E-state index contributed by atoms with van der Waals surface area (Å²) in [6.07, 6.45) is 1.03. The van der Waals surface area contributed by atoms with Crippen LogP contribution in [-0.4, -0.2) is 55.0 Å². The second-order valence-electron chi connectivity index (χ2n) is 4.72. The van der Waals surface area contributed by atoms with E-state index in [9.17, 15) is 14.4 Å². The van der Waals surface area contributed by atoms with Crippen LogP contribution >= 0.6 is 0 Å². The van der Waals surface area contributed by atoms with Crippen LogP contribution in [0.2, 0.25) is 0 Å². The molecule has 2 heterocycles. The summed E-state index contributed by atoms with van der Waals surface area (Å²) in [5.41, 5.74) is 5.57. The van der Waals surface area contributed by atoms with E-state index in [2.05, 4.69) is 25.9 Å². The van der Waals surface area contributed by atoms with Gasteiger partial charge >= 0.3 is 0 Å². The monoisotopic (exact) mass is 309 g/mol. The van der Waals surface area contributed by atoms with Crippen molar-refractivity contribution in [2.45, 2.75) is 6.42 Å². The van der Waals surface area contributed by atoms with Crippen LogP contribution in [0, 0.1) is 0 Å². The van der Waals surface area contributed by atoms with E-state index in [0.29, 0.717) is 37.8 Å². The Morgan fingerprint density at radius 3 is 3.05 bits per heavy atom. The van der Waals surface area contributed by atoms with Crippen LogP contribution in [0.4, 0.5) is 17.5 Å². The molecule has 0 unspecified atom stereocenters. The predicted molar refractivity (Wildman–Crippen MR) is 81.7 cm³/mol. The first-order chi connectivity index (χ1) is 10.6. The van der Waals surface area contributed by atoms with Crippen LogP contribution in [0.3, 0.4) is 0 Å².